The Labute approximate surface area is 190 Å². The number of fused-ring (bicyclic) bond motifs is 1. The highest BCUT2D eigenvalue weighted by molar-refractivity contribution is 7.99. The molecule has 0 atom stereocenters. The van der Waals surface area contributed by atoms with Crippen LogP contribution in [0.4, 0.5) is 5.69 Å². The summed E-state index contributed by atoms with van der Waals surface area (Å²) in [6, 6.07) is 12.7. The normalized spacial score (nSPS) is 10.8. The Morgan fingerprint density at radius 2 is 1.78 bits per heavy atom. The van der Waals surface area contributed by atoms with Gasteiger partial charge in [-0.25, -0.2) is 4.98 Å². The minimum Gasteiger partial charge on any atom is -0.396 e. The fourth-order valence-electron chi connectivity index (χ4n) is 3.24. The van der Waals surface area contributed by atoms with Gasteiger partial charge in [0.2, 0.25) is 11.8 Å². The number of amides is 2. The van der Waals surface area contributed by atoms with E-state index in [0.717, 1.165) is 28.6 Å². The van der Waals surface area contributed by atoms with Crippen molar-refractivity contribution >= 4 is 40.2 Å². The fourth-order valence-corrected chi connectivity index (χ4v) is 4.09. The molecule has 0 saturated heterocycles. The predicted octanol–water partition coefficient (Wildman–Crippen LogP) is 2.24. The molecule has 0 aliphatic carbocycles. The van der Waals surface area contributed by atoms with Crippen LogP contribution in [0, 0.1) is 13.8 Å². The number of aromatic nitrogens is 2. The summed E-state index contributed by atoms with van der Waals surface area (Å²) in [6.45, 7) is 3.90. The monoisotopic (exact) mass is 454 g/mol. The number of aryl methyl sites for hydroxylation is 2. The van der Waals surface area contributed by atoms with E-state index in [9.17, 15) is 14.4 Å². The van der Waals surface area contributed by atoms with Crippen LogP contribution in [0.25, 0.3) is 10.9 Å². The highest BCUT2D eigenvalue weighted by Gasteiger charge is 2.14. The van der Waals surface area contributed by atoms with Crippen LogP contribution in [0.2, 0.25) is 0 Å². The molecule has 1 heterocycles. The van der Waals surface area contributed by atoms with E-state index >= 15 is 0 Å². The number of carbonyl (C=O) groups is 2. The summed E-state index contributed by atoms with van der Waals surface area (Å²) >= 11 is 1.12. The summed E-state index contributed by atoms with van der Waals surface area (Å²) in [6.07, 6.45) is 0.401. The Hall–Kier alpha value is -3.17. The molecule has 0 spiro atoms. The Morgan fingerprint density at radius 1 is 1.06 bits per heavy atom. The van der Waals surface area contributed by atoms with Gasteiger partial charge in [0.15, 0.2) is 5.16 Å². The van der Waals surface area contributed by atoms with Crippen molar-refractivity contribution in [2.24, 2.45) is 0 Å². The summed E-state index contributed by atoms with van der Waals surface area (Å²) in [7, 11) is 0. The van der Waals surface area contributed by atoms with Gasteiger partial charge in [-0.15, -0.1) is 0 Å². The number of thioether (sulfide) groups is 1. The molecule has 0 aliphatic heterocycles. The van der Waals surface area contributed by atoms with Crippen molar-refractivity contribution in [3.63, 3.8) is 0 Å². The highest BCUT2D eigenvalue weighted by atomic mass is 32.2. The minimum absolute atomic E-state index is 0.000573. The molecule has 2 amide bonds. The van der Waals surface area contributed by atoms with Gasteiger partial charge in [-0.1, -0.05) is 42.1 Å². The van der Waals surface area contributed by atoms with Crippen molar-refractivity contribution in [1.29, 1.82) is 0 Å². The van der Waals surface area contributed by atoms with E-state index in [1.807, 2.05) is 32.0 Å². The molecule has 3 rings (SSSR count). The molecule has 0 bridgehead atoms. The number of rotatable bonds is 9. The third kappa shape index (κ3) is 5.74. The molecule has 1 aromatic heterocycles. The number of nitrogens with one attached hydrogen (secondary N) is 2. The zero-order valence-corrected chi connectivity index (χ0v) is 18.9. The second kappa shape index (κ2) is 10.9. The molecule has 0 radical (unpaired) electrons. The smallest absolute Gasteiger partial charge is 0.262 e. The maximum absolute atomic E-state index is 12.8. The van der Waals surface area contributed by atoms with Crippen LogP contribution in [0.15, 0.2) is 52.4 Å². The van der Waals surface area contributed by atoms with Gasteiger partial charge < -0.3 is 15.7 Å². The van der Waals surface area contributed by atoms with E-state index in [1.54, 1.807) is 24.3 Å². The Kier molecular flexibility index (Phi) is 8.02. The van der Waals surface area contributed by atoms with Gasteiger partial charge in [-0.3, -0.25) is 19.0 Å². The molecule has 0 aliphatic rings. The van der Waals surface area contributed by atoms with Crippen LogP contribution < -0.4 is 16.2 Å². The van der Waals surface area contributed by atoms with Crippen LogP contribution in [0.3, 0.4) is 0 Å². The van der Waals surface area contributed by atoms with E-state index in [-0.39, 0.29) is 36.3 Å². The highest BCUT2D eigenvalue weighted by Crippen LogP contribution is 2.19. The van der Waals surface area contributed by atoms with Crippen LogP contribution in [-0.4, -0.2) is 45.4 Å². The predicted molar refractivity (Wildman–Crippen MR) is 126 cm³/mol. The lowest BCUT2D eigenvalue weighted by molar-refractivity contribution is -0.122. The number of hydrogen-bond acceptors (Lipinski definition) is 6. The lowest BCUT2D eigenvalue weighted by atomic mass is 10.1. The summed E-state index contributed by atoms with van der Waals surface area (Å²) in [5, 5.41) is 15.5. The average Bonchev–Trinajstić information content (AvgIpc) is 2.78. The molecule has 2 aromatic carbocycles. The third-order valence-electron chi connectivity index (χ3n) is 4.89. The third-order valence-corrected chi connectivity index (χ3v) is 5.87. The SMILES string of the molecule is Cc1cccc(C)c1NC(=O)CNC(=O)CSc1nc2ccccc2c(=O)n1CCCO. The number of anilines is 1. The summed E-state index contributed by atoms with van der Waals surface area (Å²) in [4.78, 5) is 41.9. The van der Waals surface area contributed by atoms with Gasteiger partial charge in [0.05, 0.1) is 23.2 Å². The van der Waals surface area contributed by atoms with Crippen molar-refractivity contribution in [2.45, 2.75) is 32.0 Å². The first-order valence-corrected chi connectivity index (χ1v) is 11.2. The molecule has 0 fully saturated rings. The van der Waals surface area contributed by atoms with Crippen molar-refractivity contribution in [2.75, 3.05) is 24.2 Å². The first-order valence-electron chi connectivity index (χ1n) is 10.3. The molecular weight excluding hydrogens is 428 g/mol. The summed E-state index contributed by atoms with van der Waals surface area (Å²) < 4.78 is 1.48. The lowest BCUT2D eigenvalue weighted by Crippen LogP contribution is -2.34. The number of carbonyl (C=O) groups excluding carboxylic acids is 2. The second-order valence-corrected chi connectivity index (χ2v) is 8.27. The number of benzene rings is 2. The number of aliphatic hydroxyl groups is 1. The van der Waals surface area contributed by atoms with Crippen molar-refractivity contribution < 1.29 is 14.7 Å². The lowest BCUT2D eigenvalue weighted by Gasteiger charge is -2.13. The van der Waals surface area contributed by atoms with Gasteiger partial charge in [-0.2, -0.15) is 0 Å². The van der Waals surface area contributed by atoms with Crippen LogP contribution >= 0.6 is 11.8 Å². The van der Waals surface area contributed by atoms with Crippen molar-refractivity contribution in [3.8, 4) is 0 Å². The topological polar surface area (TPSA) is 113 Å². The molecule has 3 aromatic rings. The van der Waals surface area contributed by atoms with Crippen molar-refractivity contribution in [3.05, 3.63) is 63.9 Å². The number of nitrogens with zero attached hydrogens (tertiary/aromatic N) is 2. The van der Waals surface area contributed by atoms with Crippen LogP contribution in [-0.2, 0) is 16.1 Å². The molecule has 0 saturated carbocycles. The standard InChI is InChI=1S/C23H26N4O4S/c1-15-7-5-8-16(2)21(15)26-19(29)13-24-20(30)14-32-23-25-18-10-4-3-9-17(18)22(31)27(23)11-6-12-28/h3-5,7-10,28H,6,11-14H2,1-2H3,(H,24,30)(H,26,29). The summed E-state index contributed by atoms with van der Waals surface area (Å²) in [5.41, 5.74) is 2.98. The van der Waals surface area contributed by atoms with Crippen LogP contribution in [0.1, 0.15) is 17.5 Å². The number of para-hydroxylation sites is 2. The molecule has 32 heavy (non-hydrogen) atoms. The zero-order valence-electron chi connectivity index (χ0n) is 18.1. The molecular formula is C23H26N4O4S. The van der Waals surface area contributed by atoms with Gasteiger partial charge in [0, 0.05) is 18.8 Å². The second-order valence-electron chi connectivity index (χ2n) is 7.33. The largest absolute Gasteiger partial charge is 0.396 e. The Morgan fingerprint density at radius 3 is 2.50 bits per heavy atom. The molecule has 8 nitrogen and oxygen atoms in total. The van der Waals surface area contributed by atoms with Gasteiger partial charge >= 0.3 is 0 Å². The molecule has 3 N–H and O–H groups in total. The van der Waals surface area contributed by atoms with Crippen molar-refractivity contribution in [1.82, 2.24) is 14.9 Å². The van der Waals surface area contributed by atoms with Gasteiger partial charge in [0.1, 0.15) is 0 Å². The fraction of sp³-hybridized carbons (Fsp3) is 0.304. The molecule has 9 heteroatoms. The van der Waals surface area contributed by atoms with E-state index in [2.05, 4.69) is 15.6 Å². The van der Waals surface area contributed by atoms with E-state index < -0.39 is 0 Å². The molecule has 168 valence electrons. The van der Waals surface area contributed by atoms with E-state index in [0.29, 0.717) is 29.0 Å². The summed E-state index contributed by atoms with van der Waals surface area (Å²) in [5.74, 6) is -0.659. The molecule has 0 unspecified atom stereocenters. The first kappa shape index (κ1) is 23.5. The van der Waals surface area contributed by atoms with Gasteiger partial charge in [-0.05, 0) is 43.5 Å². The first-order chi connectivity index (χ1) is 15.4. The van der Waals surface area contributed by atoms with E-state index in [1.165, 1.54) is 4.57 Å². The minimum atomic E-state index is -0.345. The van der Waals surface area contributed by atoms with E-state index in [4.69, 9.17) is 5.11 Å². The quantitative estimate of drug-likeness (QED) is 0.338. The Bertz CT molecular complexity index is 1170. The number of aliphatic hydroxyl groups excluding tert-OH is 1. The zero-order chi connectivity index (χ0) is 23.1. The van der Waals surface area contributed by atoms with Gasteiger partial charge in [0.25, 0.3) is 5.56 Å². The maximum atomic E-state index is 12.8. The van der Waals surface area contributed by atoms with Crippen LogP contribution in [0.5, 0.6) is 0 Å². The maximum Gasteiger partial charge on any atom is 0.262 e. The Balaban J connectivity index is 1.63. The number of hydrogen-bond donors (Lipinski definition) is 3. The average molecular weight is 455 g/mol.